The third-order valence-corrected chi connectivity index (χ3v) is 7.75. The van der Waals surface area contributed by atoms with Gasteiger partial charge in [0.15, 0.2) is 0 Å². The molecule has 2 unspecified atom stereocenters. The van der Waals surface area contributed by atoms with E-state index in [2.05, 4.69) is 44.2 Å². The van der Waals surface area contributed by atoms with Crippen LogP contribution in [0.1, 0.15) is 59.1 Å². The van der Waals surface area contributed by atoms with E-state index in [-0.39, 0.29) is 24.5 Å². The molecule has 0 amide bonds. The van der Waals surface area contributed by atoms with Crippen molar-refractivity contribution in [3.05, 3.63) is 76.3 Å². The molecule has 0 aromatic heterocycles. The number of hydrogen-bond donors (Lipinski definition) is 1. The van der Waals surface area contributed by atoms with Crippen LogP contribution in [0.4, 0.5) is 0 Å². The van der Waals surface area contributed by atoms with E-state index in [0.717, 1.165) is 48.7 Å². The molecule has 37 heavy (non-hydrogen) atoms. The van der Waals surface area contributed by atoms with Gasteiger partial charge in [-0.05, 0) is 78.3 Å². The van der Waals surface area contributed by atoms with Crippen molar-refractivity contribution in [1.82, 2.24) is 0 Å². The Morgan fingerprint density at radius 2 is 1.81 bits per heavy atom. The second-order valence-electron chi connectivity index (χ2n) is 10.4. The van der Waals surface area contributed by atoms with Gasteiger partial charge in [0.1, 0.15) is 29.5 Å². The lowest BCUT2D eigenvalue weighted by Gasteiger charge is -2.19. The molecule has 6 rings (SSSR count). The van der Waals surface area contributed by atoms with Crippen LogP contribution in [-0.4, -0.2) is 37.0 Å². The van der Waals surface area contributed by atoms with Gasteiger partial charge in [0, 0.05) is 24.0 Å². The molecule has 1 aliphatic carbocycles. The van der Waals surface area contributed by atoms with Gasteiger partial charge < -0.3 is 24.1 Å². The molecule has 3 aromatic rings. The minimum Gasteiger partial charge on any atom is -0.492 e. The lowest BCUT2D eigenvalue weighted by molar-refractivity contribution is -0.137. The number of carbonyl (C=O) groups is 1. The van der Waals surface area contributed by atoms with Crippen molar-refractivity contribution in [2.75, 3.05) is 19.8 Å². The second kappa shape index (κ2) is 9.75. The molecule has 0 saturated carbocycles. The predicted molar refractivity (Wildman–Crippen MR) is 140 cm³/mol. The summed E-state index contributed by atoms with van der Waals surface area (Å²) in [4.78, 5) is 11.1. The first-order valence-electron chi connectivity index (χ1n) is 13.1. The molecule has 6 nitrogen and oxygen atoms in total. The summed E-state index contributed by atoms with van der Waals surface area (Å²) in [5.74, 6) is 1.48. The van der Waals surface area contributed by atoms with Crippen LogP contribution < -0.4 is 14.2 Å². The van der Waals surface area contributed by atoms with Gasteiger partial charge in [-0.1, -0.05) is 24.3 Å². The Bertz CT molecular complexity index is 1320. The maximum atomic E-state index is 11.1. The zero-order valence-electron chi connectivity index (χ0n) is 21.3. The topological polar surface area (TPSA) is 74.2 Å². The largest absolute Gasteiger partial charge is 0.492 e. The number of fused-ring (bicyclic) bond motifs is 2. The summed E-state index contributed by atoms with van der Waals surface area (Å²) < 4.78 is 23.9. The van der Waals surface area contributed by atoms with Gasteiger partial charge >= 0.3 is 5.97 Å². The number of carboxylic acids is 1. The highest BCUT2D eigenvalue weighted by molar-refractivity contribution is 5.76. The monoisotopic (exact) mass is 500 g/mol. The Balaban J connectivity index is 1.23. The highest BCUT2D eigenvalue weighted by Crippen LogP contribution is 2.44. The molecule has 0 radical (unpaired) electrons. The van der Waals surface area contributed by atoms with E-state index in [1.54, 1.807) is 0 Å². The molecule has 3 atom stereocenters. The van der Waals surface area contributed by atoms with Crippen molar-refractivity contribution in [1.29, 1.82) is 0 Å². The SMILES string of the molecule is Cc1cc(OC2CCOC2)cc(C)c1-c1cccc2c1CC[C@H]2Oc1ccc2c(c1)OCC2CC(=O)O. The van der Waals surface area contributed by atoms with E-state index in [1.807, 2.05) is 18.2 Å². The number of hydrogen-bond acceptors (Lipinski definition) is 5. The average molecular weight is 501 g/mol. The summed E-state index contributed by atoms with van der Waals surface area (Å²) in [5, 5.41) is 9.16. The van der Waals surface area contributed by atoms with Crippen molar-refractivity contribution in [2.45, 2.75) is 57.7 Å². The summed E-state index contributed by atoms with van der Waals surface area (Å²) in [6.45, 7) is 6.14. The fourth-order valence-electron chi connectivity index (χ4n) is 6.06. The molecule has 1 saturated heterocycles. The van der Waals surface area contributed by atoms with E-state index < -0.39 is 5.97 Å². The van der Waals surface area contributed by atoms with Gasteiger partial charge in [-0.25, -0.2) is 0 Å². The molecule has 1 fully saturated rings. The first-order valence-corrected chi connectivity index (χ1v) is 13.1. The normalized spacial score (nSPS) is 21.8. The summed E-state index contributed by atoms with van der Waals surface area (Å²) in [6.07, 6.45) is 2.98. The number of aryl methyl sites for hydroxylation is 2. The Morgan fingerprint density at radius 1 is 0.973 bits per heavy atom. The summed E-state index contributed by atoms with van der Waals surface area (Å²) in [7, 11) is 0. The number of carboxylic acid groups (broad SMARTS) is 1. The van der Waals surface area contributed by atoms with Crippen LogP contribution in [0.2, 0.25) is 0 Å². The zero-order chi connectivity index (χ0) is 25.5. The number of rotatable bonds is 7. The maximum Gasteiger partial charge on any atom is 0.304 e. The van der Waals surface area contributed by atoms with Gasteiger partial charge in [-0.15, -0.1) is 0 Å². The number of aliphatic carboxylic acids is 1. The third kappa shape index (κ3) is 4.66. The van der Waals surface area contributed by atoms with E-state index in [0.29, 0.717) is 13.2 Å². The second-order valence-corrected chi connectivity index (χ2v) is 10.4. The van der Waals surface area contributed by atoms with Crippen molar-refractivity contribution in [3.63, 3.8) is 0 Å². The minimum atomic E-state index is -0.809. The maximum absolute atomic E-state index is 11.1. The van der Waals surface area contributed by atoms with Crippen molar-refractivity contribution in [2.24, 2.45) is 0 Å². The van der Waals surface area contributed by atoms with E-state index in [9.17, 15) is 4.79 Å². The Labute approximate surface area is 217 Å². The lowest BCUT2D eigenvalue weighted by atomic mass is 9.90. The van der Waals surface area contributed by atoms with Crippen LogP contribution in [0.25, 0.3) is 11.1 Å². The molecular formula is C31H32O6. The lowest BCUT2D eigenvalue weighted by Crippen LogP contribution is -2.15. The first kappa shape index (κ1) is 23.9. The van der Waals surface area contributed by atoms with Crippen LogP contribution in [0.3, 0.4) is 0 Å². The Kier molecular flexibility index (Phi) is 6.29. The number of ether oxygens (including phenoxy) is 4. The van der Waals surface area contributed by atoms with E-state index >= 15 is 0 Å². The van der Waals surface area contributed by atoms with Crippen molar-refractivity contribution in [3.8, 4) is 28.4 Å². The Hall–Kier alpha value is -3.51. The van der Waals surface area contributed by atoms with Gasteiger partial charge in [0.2, 0.25) is 0 Å². The van der Waals surface area contributed by atoms with Crippen molar-refractivity contribution >= 4 is 5.97 Å². The average Bonchev–Trinajstić information content (AvgIpc) is 3.60. The predicted octanol–water partition coefficient (Wildman–Crippen LogP) is 6.16. The van der Waals surface area contributed by atoms with Crippen LogP contribution in [0.5, 0.6) is 17.2 Å². The van der Waals surface area contributed by atoms with E-state index in [4.69, 9.17) is 24.1 Å². The minimum absolute atomic E-state index is 0.0326. The van der Waals surface area contributed by atoms with Gasteiger partial charge in [-0.3, -0.25) is 4.79 Å². The fraction of sp³-hybridized carbons (Fsp3) is 0.387. The van der Waals surface area contributed by atoms with Gasteiger partial charge in [0.05, 0.1) is 26.2 Å². The molecule has 3 aromatic carbocycles. The standard InChI is InChI=1S/C31H32O6/c1-18-12-23(36-22-10-11-34-17-22)13-19(2)31(18)27-5-3-4-26-25(27)8-9-28(26)37-21-6-7-24-20(14-30(32)33)16-35-29(24)15-21/h3-7,12-13,15,20,22,28H,8-11,14,16-17H2,1-2H3,(H,32,33)/t20?,22?,28-/m1/s1. The highest BCUT2D eigenvalue weighted by atomic mass is 16.5. The molecule has 1 N–H and O–H groups in total. The molecule has 6 heteroatoms. The summed E-state index contributed by atoms with van der Waals surface area (Å²) in [5.41, 5.74) is 8.46. The molecule has 0 spiro atoms. The first-order chi connectivity index (χ1) is 18.0. The fourth-order valence-corrected chi connectivity index (χ4v) is 6.06. The molecule has 0 bridgehead atoms. The molecule has 2 aliphatic heterocycles. The van der Waals surface area contributed by atoms with Crippen LogP contribution in [-0.2, 0) is 16.0 Å². The molecule has 3 aliphatic rings. The van der Waals surface area contributed by atoms with Crippen LogP contribution >= 0.6 is 0 Å². The smallest absolute Gasteiger partial charge is 0.304 e. The quantitative estimate of drug-likeness (QED) is 0.419. The highest BCUT2D eigenvalue weighted by Gasteiger charge is 2.30. The summed E-state index contributed by atoms with van der Waals surface area (Å²) in [6, 6.07) is 16.6. The van der Waals surface area contributed by atoms with Crippen LogP contribution in [0.15, 0.2) is 48.5 Å². The van der Waals surface area contributed by atoms with Crippen molar-refractivity contribution < 1.29 is 28.8 Å². The molecular weight excluding hydrogens is 468 g/mol. The van der Waals surface area contributed by atoms with E-state index in [1.165, 1.54) is 33.4 Å². The molecule has 192 valence electrons. The summed E-state index contributed by atoms with van der Waals surface area (Å²) >= 11 is 0. The number of benzene rings is 3. The third-order valence-electron chi connectivity index (χ3n) is 7.75. The zero-order valence-corrected chi connectivity index (χ0v) is 21.3. The molecule has 2 heterocycles. The van der Waals surface area contributed by atoms with Crippen LogP contribution in [0, 0.1) is 13.8 Å². The Morgan fingerprint density at radius 3 is 2.57 bits per heavy atom. The van der Waals surface area contributed by atoms with Gasteiger partial charge in [0.25, 0.3) is 0 Å². The van der Waals surface area contributed by atoms with Gasteiger partial charge in [-0.2, -0.15) is 0 Å².